The molecule has 0 bridgehead atoms. The number of para-hydroxylation sites is 2. The van der Waals surface area contributed by atoms with E-state index in [9.17, 15) is 9.59 Å². The number of fused-ring (bicyclic) bond motifs is 1. The average molecular weight is 393 g/mol. The predicted octanol–water partition coefficient (Wildman–Crippen LogP) is 3.01. The molecule has 1 amide bonds. The van der Waals surface area contributed by atoms with Crippen LogP contribution in [0, 0.1) is 5.92 Å². The molecule has 0 fully saturated rings. The lowest BCUT2D eigenvalue weighted by Gasteiger charge is -2.14. The van der Waals surface area contributed by atoms with Crippen molar-refractivity contribution >= 4 is 16.9 Å². The zero-order valence-corrected chi connectivity index (χ0v) is 17.5. The van der Waals surface area contributed by atoms with Gasteiger partial charge in [-0.2, -0.15) is 0 Å². The molecule has 29 heavy (non-hydrogen) atoms. The number of rotatable bonds is 7. The molecule has 3 rings (SSSR count). The Labute approximate surface area is 171 Å². The third-order valence-corrected chi connectivity index (χ3v) is 4.67. The van der Waals surface area contributed by atoms with Gasteiger partial charge in [-0.1, -0.05) is 38.1 Å². The van der Waals surface area contributed by atoms with Gasteiger partial charge in [0.25, 0.3) is 11.5 Å². The van der Waals surface area contributed by atoms with Crippen LogP contribution >= 0.6 is 0 Å². The van der Waals surface area contributed by atoms with Crippen molar-refractivity contribution in [2.24, 2.45) is 5.92 Å². The second-order valence-corrected chi connectivity index (χ2v) is 7.90. The van der Waals surface area contributed by atoms with Gasteiger partial charge in [0, 0.05) is 30.8 Å². The van der Waals surface area contributed by atoms with E-state index < -0.39 is 0 Å². The average Bonchev–Trinajstić information content (AvgIpc) is 2.69. The lowest BCUT2D eigenvalue weighted by molar-refractivity contribution is 0.0951. The van der Waals surface area contributed by atoms with Crippen LogP contribution in [0.15, 0.2) is 53.3 Å². The molecule has 3 aromatic rings. The van der Waals surface area contributed by atoms with E-state index in [1.165, 1.54) is 0 Å². The first-order valence-corrected chi connectivity index (χ1v) is 9.89. The molecule has 2 aromatic carbocycles. The smallest absolute Gasteiger partial charge is 0.277 e. The highest BCUT2D eigenvalue weighted by molar-refractivity contribution is 5.94. The van der Waals surface area contributed by atoms with Crippen LogP contribution in [0.3, 0.4) is 0 Å². The number of carbonyl (C=O) groups is 1. The predicted molar refractivity (Wildman–Crippen MR) is 117 cm³/mol. The standard InChI is InChI=1S/C23H28N4O2/c1-16(2)15-27-20-8-6-5-7-19(20)25-21(23(27)29)17-9-11-18(12-10-17)22(28)24-13-14-26(3)4/h5-12,16H,13-15H2,1-4H3,(H,24,28). The normalized spacial score (nSPS) is 11.4. The van der Waals surface area contributed by atoms with Crippen LogP contribution in [0.4, 0.5) is 0 Å². The number of hydrogen-bond acceptors (Lipinski definition) is 4. The van der Waals surface area contributed by atoms with E-state index in [-0.39, 0.29) is 11.5 Å². The molecule has 6 nitrogen and oxygen atoms in total. The number of amides is 1. The summed E-state index contributed by atoms with van der Waals surface area (Å²) in [4.78, 5) is 32.1. The van der Waals surface area contributed by atoms with E-state index in [1.54, 1.807) is 28.8 Å². The summed E-state index contributed by atoms with van der Waals surface area (Å²) in [5, 5.41) is 2.89. The van der Waals surface area contributed by atoms with Crippen molar-refractivity contribution in [3.05, 3.63) is 64.4 Å². The summed E-state index contributed by atoms with van der Waals surface area (Å²) in [6.07, 6.45) is 0. The molecule has 0 saturated heterocycles. The highest BCUT2D eigenvalue weighted by atomic mass is 16.1. The summed E-state index contributed by atoms with van der Waals surface area (Å²) in [5.41, 5.74) is 3.20. The van der Waals surface area contributed by atoms with Crippen LogP contribution in [0.2, 0.25) is 0 Å². The van der Waals surface area contributed by atoms with Gasteiger partial charge in [-0.05, 0) is 44.3 Å². The summed E-state index contributed by atoms with van der Waals surface area (Å²) in [6.45, 7) is 6.16. The minimum atomic E-state index is -0.123. The number of carbonyl (C=O) groups excluding carboxylic acids is 1. The number of nitrogens with zero attached hydrogens (tertiary/aromatic N) is 3. The number of nitrogens with one attached hydrogen (secondary N) is 1. The Morgan fingerprint density at radius 1 is 1.10 bits per heavy atom. The SMILES string of the molecule is CC(C)Cn1c(=O)c(-c2ccc(C(=O)NCCN(C)C)cc2)nc2ccccc21. The third kappa shape index (κ3) is 4.90. The van der Waals surface area contributed by atoms with Crippen molar-refractivity contribution in [3.8, 4) is 11.3 Å². The summed E-state index contributed by atoms with van der Waals surface area (Å²) in [7, 11) is 3.92. The summed E-state index contributed by atoms with van der Waals surface area (Å²) in [5.74, 6) is 0.210. The van der Waals surface area contributed by atoms with Crippen LogP contribution in [0.25, 0.3) is 22.3 Å². The van der Waals surface area contributed by atoms with Crippen molar-refractivity contribution in [2.45, 2.75) is 20.4 Å². The molecule has 1 N–H and O–H groups in total. The van der Waals surface area contributed by atoms with E-state index in [0.29, 0.717) is 35.8 Å². The Morgan fingerprint density at radius 2 is 1.79 bits per heavy atom. The van der Waals surface area contributed by atoms with Crippen molar-refractivity contribution in [1.29, 1.82) is 0 Å². The largest absolute Gasteiger partial charge is 0.351 e. The van der Waals surface area contributed by atoms with E-state index >= 15 is 0 Å². The third-order valence-electron chi connectivity index (χ3n) is 4.67. The summed E-state index contributed by atoms with van der Waals surface area (Å²) < 4.78 is 1.80. The molecule has 0 aliphatic carbocycles. The highest BCUT2D eigenvalue weighted by Gasteiger charge is 2.14. The number of benzene rings is 2. The first kappa shape index (κ1) is 20.7. The monoisotopic (exact) mass is 392 g/mol. The van der Waals surface area contributed by atoms with Crippen LogP contribution in [0.5, 0.6) is 0 Å². The molecule has 0 aliphatic heterocycles. The maximum absolute atomic E-state index is 13.2. The quantitative estimate of drug-likeness (QED) is 0.671. The zero-order chi connectivity index (χ0) is 21.0. The molecule has 6 heteroatoms. The van der Waals surface area contributed by atoms with Crippen molar-refractivity contribution < 1.29 is 4.79 Å². The lowest BCUT2D eigenvalue weighted by atomic mass is 10.1. The second-order valence-electron chi connectivity index (χ2n) is 7.90. The molecular formula is C23H28N4O2. The summed E-state index contributed by atoms with van der Waals surface area (Å²) in [6, 6.07) is 14.7. The van der Waals surface area contributed by atoms with Crippen molar-refractivity contribution in [2.75, 3.05) is 27.2 Å². The molecule has 0 spiro atoms. The lowest BCUT2D eigenvalue weighted by Crippen LogP contribution is -2.31. The van der Waals surface area contributed by atoms with Crippen LogP contribution in [-0.4, -0.2) is 47.5 Å². The van der Waals surface area contributed by atoms with Gasteiger partial charge in [0.1, 0.15) is 5.69 Å². The Morgan fingerprint density at radius 3 is 2.45 bits per heavy atom. The van der Waals surface area contributed by atoms with Gasteiger partial charge in [-0.25, -0.2) is 4.98 Å². The van der Waals surface area contributed by atoms with Gasteiger partial charge < -0.3 is 14.8 Å². The van der Waals surface area contributed by atoms with E-state index in [2.05, 4.69) is 24.1 Å². The fraction of sp³-hybridized carbons (Fsp3) is 0.348. The van der Waals surface area contributed by atoms with E-state index in [1.807, 2.05) is 43.3 Å². The zero-order valence-electron chi connectivity index (χ0n) is 17.5. The summed E-state index contributed by atoms with van der Waals surface area (Å²) >= 11 is 0. The maximum atomic E-state index is 13.2. The minimum absolute atomic E-state index is 0.111. The fourth-order valence-corrected chi connectivity index (χ4v) is 3.20. The van der Waals surface area contributed by atoms with E-state index in [0.717, 1.165) is 17.6 Å². The van der Waals surface area contributed by atoms with E-state index in [4.69, 9.17) is 0 Å². The van der Waals surface area contributed by atoms with Gasteiger partial charge in [0.15, 0.2) is 0 Å². The highest BCUT2D eigenvalue weighted by Crippen LogP contribution is 2.19. The van der Waals surface area contributed by atoms with Gasteiger partial charge in [0.2, 0.25) is 0 Å². The Balaban J connectivity index is 1.93. The first-order valence-electron chi connectivity index (χ1n) is 9.89. The molecule has 0 radical (unpaired) electrons. The second kappa shape index (κ2) is 9.01. The number of aromatic nitrogens is 2. The van der Waals surface area contributed by atoms with Crippen molar-refractivity contribution in [1.82, 2.24) is 19.8 Å². The number of hydrogen-bond donors (Lipinski definition) is 1. The molecular weight excluding hydrogens is 364 g/mol. The molecule has 1 heterocycles. The van der Waals surface area contributed by atoms with Crippen LogP contribution < -0.4 is 10.9 Å². The molecule has 152 valence electrons. The maximum Gasteiger partial charge on any atom is 0.277 e. The van der Waals surface area contributed by atoms with Crippen LogP contribution in [-0.2, 0) is 6.54 Å². The topological polar surface area (TPSA) is 67.2 Å². The van der Waals surface area contributed by atoms with Gasteiger partial charge in [-0.3, -0.25) is 9.59 Å². The molecule has 0 unspecified atom stereocenters. The van der Waals surface area contributed by atoms with Gasteiger partial charge in [-0.15, -0.1) is 0 Å². The Hall–Kier alpha value is -2.99. The minimum Gasteiger partial charge on any atom is -0.351 e. The molecule has 0 aliphatic rings. The fourth-order valence-electron chi connectivity index (χ4n) is 3.20. The number of likely N-dealkylation sites (N-methyl/N-ethyl adjacent to an activating group) is 1. The van der Waals surface area contributed by atoms with Crippen LogP contribution in [0.1, 0.15) is 24.2 Å². The first-order chi connectivity index (χ1) is 13.9. The molecule has 0 atom stereocenters. The Bertz CT molecular complexity index is 1050. The van der Waals surface area contributed by atoms with Gasteiger partial charge in [0.05, 0.1) is 11.0 Å². The van der Waals surface area contributed by atoms with Gasteiger partial charge >= 0.3 is 0 Å². The van der Waals surface area contributed by atoms with Crippen molar-refractivity contribution in [3.63, 3.8) is 0 Å². The molecule has 0 saturated carbocycles. The Kier molecular flexibility index (Phi) is 6.44. The molecule has 1 aromatic heterocycles.